The summed E-state index contributed by atoms with van der Waals surface area (Å²) < 4.78 is 36.1. The molecule has 90 valence electrons. The lowest BCUT2D eigenvalue weighted by atomic mass is 10.1. The van der Waals surface area contributed by atoms with Gasteiger partial charge in [0.15, 0.2) is 9.84 Å². The average Bonchev–Trinajstić information content (AvgIpc) is 2.04. The first kappa shape index (κ1) is 13.1. The highest BCUT2D eigenvalue weighted by molar-refractivity contribution is 7.90. The van der Waals surface area contributed by atoms with Crippen molar-refractivity contribution in [1.82, 2.24) is 0 Å². The molecule has 2 N–H and O–H groups in total. The smallest absolute Gasteiger partial charge is 0.156 e. The first-order chi connectivity index (χ1) is 7.18. The van der Waals surface area contributed by atoms with Crippen molar-refractivity contribution in [3.05, 3.63) is 35.6 Å². The van der Waals surface area contributed by atoms with Crippen LogP contribution in [-0.4, -0.2) is 19.7 Å². The van der Waals surface area contributed by atoms with E-state index < -0.39 is 15.4 Å². The Hall–Kier alpha value is -0.940. The van der Waals surface area contributed by atoms with Gasteiger partial charge in [-0.1, -0.05) is 12.1 Å². The van der Waals surface area contributed by atoms with Crippen LogP contribution in [0.1, 0.15) is 19.4 Å². The molecule has 0 saturated heterocycles. The number of hydrogen-bond donors (Lipinski definition) is 1. The summed E-state index contributed by atoms with van der Waals surface area (Å²) in [5.41, 5.74) is 5.48. The van der Waals surface area contributed by atoms with Gasteiger partial charge in [0.25, 0.3) is 0 Å². The predicted molar refractivity (Wildman–Crippen MR) is 62.2 cm³/mol. The van der Waals surface area contributed by atoms with Gasteiger partial charge in [-0.3, -0.25) is 0 Å². The molecule has 3 nitrogen and oxygen atoms in total. The van der Waals surface area contributed by atoms with E-state index in [1.807, 2.05) is 0 Å². The minimum Gasteiger partial charge on any atom is -0.325 e. The highest BCUT2D eigenvalue weighted by Crippen LogP contribution is 2.11. The molecular weight excluding hydrogens is 229 g/mol. The number of rotatable bonds is 4. The Morgan fingerprint density at radius 3 is 2.19 bits per heavy atom. The summed E-state index contributed by atoms with van der Waals surface area (Å²) >= 11 is 0. The van der Waals surface area contributed by atoms with Gasteiger partial charge in [-0.05, 0) is 31.5 Å². The van der Waals surface area contributed by atoms with E-state index in [2.05, 4.69) is 0 Å². The summed E-state index contributed by atoms with van der Waals surface area (Å²) in [5, 5.41) is 0. The summed E-state index contributed by atoms with van der Waals surface area (Å²) in [6, 6.07) is 5.43. The number of sulfone groups is 1. The Balaban J connectivity index is 2.77. The van der Waals surface area contributed by atoms with Crippen molar-refractivity contribution in [2.24, 2.45) is 5.73 Å². The highest BCUT2D eigenvalue weighted by Gasteiger charge is 2.22. The molecule has 0 aliphatic heterocycles. The minimum absolute atomic E-state index is 0.0859. The van der Waals surface area contributed by atoms with Crippen molar-refractivity contribution >= 4 is 9.84 Å². The van der Waals surface area contributed by atoms with Gasteiger partial charge in [-0.15, -0.1) is 0 Å². The van der Waals surface area contributed by atoms with Crippen LogP contribution in [-0.2, 0) is 15.6 Å². The normalized spacial score (nSPS) is 12.8. The molecule has 16 heavy (non-hydrogen) atoms. The standard InChI is InChI=1S/C11H16FNO2S/c1-11(2,13)8-16(14,15)7-9-3-5-10(12)6-4-9/h3-6H,7-8,13H2,1-2H3. The second kappa shape index (κ2) is 4.51. The molecule has 0 bridgehead atoms. The van der Waals surface area contributed by atoms with Gasteiger partial charge in [-0.25, -0.2) is 12.8 Å². The highest BCUT2D eigenvalue weighted by atomic mass is 32.2. The van der Waals surface area contributed by atoms with E-state index in [9.17, 15) is 12.8 Å². The summed E-state index contributed by atoms with van der Waals surface area (Å²) in [6.07, 6.45) is 0. The van der Waals surface area contributed by atoms with E-state index in [1.165, 1.54) is 24.3 Å². The predicted octanol–water partition coefficient (Wildman–Crippen LogP) is 1.48. The largest absolute Gasteiger partial charge is 0.325 e. The molecule has 0 saturated carbocycles. The maximum absolute atomic E-state index is 12.6. The summed E-state index contributed by atoms with van der Waals surface area (Å²) in [4.78, 5) is 0. The SMILES string of the molecule is CC(C)(N)CS(=O)(=O)Cc1ccc(F)cc1. The molecular formula is C11H16FNO2S. The van der Waals surface area contributed by atoms with Crippen LogP contribution in [0, 0.1) is 5.82 Å². The average molecular weight is 245 g/mol. The molecule has 0 unspecified atom stereocenters. The summed E-state index contributed by atoms with van der Waals surface area (Å²) in [6.45, 7) is 3.32. The van der Waals surface area contributed by atoms with Crippen molar-refractivity contribution in [3.63, 3.8) is 0 Å². The zero-order valence-electron chi connectivity index (χ0n) is 9.40. The first-order valence-electron chi connectivity index (χ1n) is 4.92. The van der Waals surface area contributed by atoms with Crippen LogP contribution in [0.4, 0.5) is 4.39 Å². The molecule has 0 aliphatic rings. The molecule has 1 aromatic rings. The lowest BCUT2D eigenvalue weighted by Gasteiger charge is -2.18. The van der Waals surface area contributed by atoms with E-state index in [0.29, 0.717) is 5.56 Å². The Morgan fingerprint density at radius 1 is 1.25 bits per heavy atom. The number of halogens is 1. The lowest BCUT2D eigenvalue weighted by Crippen LogP contribution is -2.40. The number of benzene rings is 1. The zero-order chi connectivity index (χ0) is 12.4. The molecule has 1 rings (SSSR count). The van der Waals surface area contributed by atoms with Crippen molar-refractivity contribution in [3.8, 4) is 0 Å². The van der Waals surface area contributed by atoms with Gasteiger partial charge in [-0.2, -0.15) is 0 Å². The van der Waals surface area contributed by atoms with E-state index in [1.54, 1.807) is 13.8 Å². The Labute approximate surface area is 95.4 Å². The van der Waals surface area contributed by atoms with Crippen LogP contribution < -0.4 is 5.73 Å². The van der Waals surface area contributed by atoms with Gasteiger partial charge in [0.2, 0.25) is 0 Å². The second-order valence-electron chi connectivity index (χ2n) is 4.65. The molecule has 0 amide bonds. The van der Waals surface area contributed by atoms with Crippen LogP contribution in [0.25, 0.3) is 0 Å². The third kappa shape index (κ3) is 4.72. The van der Waals surface area contributed by atoms with E-state index in [4.69, 9.17) is 5.73 Å². The molecule has 0 radical (unpaired) electrons. The molecule has 5 heteroatoms. The zero-order valence-corrected chi connectivity index (χ0v) is 10.2. The van der Waals surface area contributed by atoms with Crippen molar-refractivity contribution in [2.45, 2.75) is 25.1 Å². The fourth-order valence-corrected chi connectivity index (χ4v) is 3.39. The number of nitrogens with two attached hydrogens (primary N) is 1. The molecule has 0 heterocycles. The molecule has 0 atom stereocenters. The lowest BCUT2D eigenvalue weighted by molar-refractivity contribution is 0.544. The Kier molecular flexibility index (Phi) is 3.70. The molecule has 0 spiro atoms. The Morgan fingerprint density at radius 2 is 1.75 bits per heavy atom. The monoisotopic (exact) mass is 245 g/mol. The quantitative estimate of drug-likeness (QED) is 0.874. The Bertz CT molecular complexity index is 446. The summed E-state index contributed by atoms with van der Waals surface area (Å²) in [7, 11) is -3.25. The topological polar surface area (TPSA) is 60.2 Å². The fraction of sp³-hybridized carbons (Fsp3) is 0.455. The third-order valence-electron chi connectivity index (χ3n) is 1.89. The van der Waals surface area contributed by atoms with Crippen LogP contribution in [0.2, 0.25) is 0 Å². The van der Waals surface area contributed by atoms with Gasteiger partial charge in [0, 0.05) is 5.54 Å². The van der Waals surface area contributed by atoms with E-state index >= 15 is 0 Å². The minimum atomic E-state index is -3.25. The maximum Gasteiger partial charge on any atom is 0.156 e. The van der Waals surface area contributed by atoms with Gasteiger partial charge >= 0.3 is 0 Å². The van der Waals surface area contributed by atoms with Crippen LogP contribution in [0.3, 0.4) is 0 Å². The van der Waals surface area contributed by atoms with Crippen LogP contribution in [0.15, 0.2) is 24.3 Å². The number of hydrogen-bond acceptors (Lipinski definition) is 3. The van der Waals surface area contributed by atoms with Crippen LogP contribution in [0.5, 0.6) is 0 Å². The van der Waals surface area contributed by atoms with E-state index in [-0.39, 0.29) is 17.3 Å². The van der Waals surface area contributed by atoms with Crippen molar-refractivity contribution < 1.29 is 12.8 Å². The first-order valence-corrected chi connectivity index (χ1v) is 6.74. The molecule has 0 aromatic heterocycles. The van der Waals surface area contributed by atoms with Gasteiger partial charge in [0.1, 0.15) is 5.82 Å². The maximum atomic E-state index is 12.6. The van der Waals surface area contributed by atoms with Crippen LogP contribution >= 0.6 is 0 Å². The fourth-order valence-electron chi connectivity index (χ4n) is 1.45. The molecule has 0 aliphatic carbocycles. The van der Waals surface area contributed by atoms with Gasteiger partial charge in [0.05, 0.1) is 11.5 Å². The molecule has 1 aromatic carbocycles. The van der Waals surface area contributed by atoms with Gasteiger partial charge < -0.3 is 5.73 Å². The van der Waals surface area contributed by atoms with Crippen molar-refractivity contribution in [1.29, 1.82) is 0 Å². The van der Waals surface area contributed by atoms with Crippen molar-refractivity contribution in [2.75, 3.05) is 5.75 Å². The van der Waals surface area contributed by atoms with E-state index in [0.717, 1.165) is 0 Å². The second-order valence-corrected chi connectivity index (χ2v) is 6.71. The molecule has 0 fully saturated rings. The summed E-state index contributed by atoms with van der Waals surface area (Å²) in [5.74, 6) is -0.564. The third-order valence-corrected chi connectivity index (χ3v) is 3.85.